The summed E-state index contributed by atoms with van der Waals surface area (Å²) in [7, 11) is 0. The molecule has 1 aromatic carbocycles. The van der Waals surface area contributed by atoms with Gasteiger partial charge < -0.3 is 19.4 Å². The molecule has 1 atom stereocenters. The minimum atomic E-state index is -0.550. The molecule has 0 saturated carbocycles. The van der Waals surface area contributed by atoms with Gasteiger partial charge in [0, 0.05) is 16.9 Å². The lowest BCUT2D eigenvalue weighted by atomic mass is 10.0. The van der Waals surface area contributed by atoms with Crippen LogP contribution in [0.25, 0.3) is 0 Å². The van der Waals surface area contributed by atoms with Crippen LogP contribution < -0.4 is 4.74 Å². The lowest BCUT2D eigenvalue weighted by Crippen LogP contribution is -2.27. The van der Waals surface area contributed by atoms with E-state index in [9.17, 15) is 0 Å². The predicted molar refractivity (Wildman–Crippen MR) is 102 cm³/mol. The van der Waals surface area contributed by atoms with Gasteiger partial charge in [0.1, 0.15) is 11.4 Å². The van der Waals surface area contributed by atoms with Gasteiger partial charge in [-0.1, -0.05) is 16.9 Å². The van der Waals surface area contributed by atoms with Crippen LogP contribution in [0.4, 0.5) is 0 Å². The number of oxime groups is 1. The number of rotatable bonds is 3. The predicted octanol–water partition coefficient (Wildman–Crippen LogP) is 4.86. The van der Waals surface area contributed by atoms with Crippen LogP contribution >= 0.6 is 23.1 Å². The van der Waals surface area contributed by atoms with Gasteiger partial charge in [-0.05, 0) is 56.0 Å². The highest BCUT2D eigenvalue weighted by Crippen LogP contribution is 2.43. The SMILES string of the molecule is CC1(C)OCC(C)(c2csc(Sc3ccc4c(c3)OCC/C4=N/O)c2)O1. The molecule has 0 amide bonds. The molecule has 2 aliphatic rings. The number of hydrogen-bond donors (Lipinski definition) is 1. The molecule has 2 aromatic rings. The van der Waals surface area contributed by atoms with E-state index in [0.29, 0.717) is 25.3 Å². The van der Waals surface area contributed by atoms with Gasteiger partial charge in [0.2, 0.25) is 0 Å². The molecule has 0 spiro atoms. The normalized spacial score (nSPS) is 25.9. The van der Waals surface area contributed by atoms with Crippen molar-refractivity contribution in [3.05, 3.63) is 40.8 Å². The van der Waals surface area contributed by atoms with Crippen molar-refractivity contribution in [3.63, 3.8) is 0 Å². The molecule has 1 N–H and O–H groups in total. The third kappa shape index (κ3) is 3.36. The van der Waals surface area contributed by atoms with Crippen LogP contribution in [0.5, 0.6) is 5.75 Å². The average molecular weight is 392 g/mol. The maximum atomic E-state index is 9.12. The van der Waals surface area contributed by atoms with Crippen LogP contribution in [-0.2, 0) is 15.1 Å². The molecule has 1 saturated heterocycles. The number of fused-ring (bicyclic) bond motifs is 1. The summed E-state index contributed by atoms with van der Waals surface area (Å²) in [4.78, 5) is 1.09. The van der Waals surface area contributed by atoms with E-state index in [2.05, 4.69) is 23.5 Å². The van der Waals surface area contributed by atoms with Crippen molar-refractivity contribution in [2.45, 2.75) is 47.7 Å². The van der Waals surface area contributed by atoms with Crippen molar-refractivity contribution >= 4 is 28.8 Å². The highest BCUT2D eigenvalue weighted by atomic mass is 32.2. The summed E-state index contributed by atoms with van der Waals surface area (Å²) in [5, 5.41) is 14.6. The second kappa shape index (κ2) is 6.56. The third-order valence-electron chi connectivity index (χ3n) is 4.55. The molecule has 2 aliphatic heterocycles. The highest BCUT2D eigenvalue weighted by molar-refractivity contribution is 8.01. The van der Waals surface area contributed by atoms with Crippen molar-refractivity contribution in [3.8, 4) is 5.75 Å². The summed E-state index contributed by atoms with van der Waals surface area (Å²) < 4.78 is 18.8. The highest BCUT2D eigenvalue weighted by Gasteiger charge is 2.43. The molecule has 0 aliphatic carbocycles. The number of hydrogen-bond acceptors (Lipinski definition) is 7. The summed E-state index contributed by atoms with van der Waals surface area (Å²) in [5.74, 6) is 0.221. The van der Waals surface area contributed by atoms with Gasteiger partial charge >= 0.3 is 0 Å². The van der Waals surface area contributed by atoms with Gasteiger partial charge in [0.05, 0.1) is 23.1 Å². The van der Waals surface area contributed by atoms with Crippen LogP contribution in [0.2, 0.25) is 0 Å². The molecule has 1 unspecified atom stereocenters. The summed E-state index contributed by atoms with van der Waals surface area (Å²) in [6, 6.07) is 8.16. The quantitative estimate of drug-likeness (QED) is 0.598. The van der Waals surface area contributed by atoms with E-state index in [-0.39, 0.29) is 0 Å². The van der Waals surface area contributed by atoms with Gasteiger partial charge in [0.15, 0.2) is 5.79 Å². The van der Waals surface area contributed by atoms with Crippen molar-refractivity contribution in [1.29, 1.82) is 0 Å². The lowest BCUT2D eigenvalue weighted by Gasteiger charge is -2.24. The van der Waals surface area contributed by atoms with Crippen LogP contribution in [0, 0.1) is 0 Å². The summed E-state index contributed by atoms with van der Waals surface area (Å²) in [6.07, 6.45) is 0.626. The molecule has 4 rings (SSSR count). The fourth-order valence-corrected chi connectivity index (χ4v) is 5.34. The van der Waals surface area contributed by atoms with Gasteiger partial charge in [0.25, 0.3) is 0 Å². The van der Waals surface area contributed by atoms with Gasteiger partial charge in [-0.15, -0.1) is 11.3 Å². The first-order chi connectivity index (χ1) is 12.4. The topological polar surface area (TPSA) is 60.3 Å². The molecule has 1 fully saturated rings. The molecular formula is C19H21NO4S2. The third-order valence-corrected chi connectivity index (χ3v) is 6.62. The molecule has 26 heavy (non-hydrogen) atoms. The monoisotopic (exact) mass is 391 g/mol. The van der Waals surface area contributed by atoms with Crippen LogP contribution in [0.15, 0.2) is 43.9 Å². The minimum Gasteiger partial charge on any atom is -0.492 e. The van der Waals surface area contributed by atoms with E-state index < -0.39 is 11.4 Å². The van der Waals surface area contributed by atoms with Gasteiger partial charge in [-0.2, -0.15) is 0 Å². The van der Waals surface area contributed by atoms with E-state index in [0.717, 1.165) is 21.8 Å². The standard InChI is InChI=1S/C19H21NO4S2/c1-18(2)23-11-19(3,24-18)12-8-17(25-10-12)26-13-4-5-14-15(20-21)6-7-22-16(14)9-13/h4-5,8-10,21H,6-7,11H2,1-3H3/b20-15-. The molecule has 7 heteroatoms. The average Bonchev–Trinajstić information content (AvgIpc) is 3.19. The van der Waals surface area contributed by atoms with E-state index in [4.69, 9.17) is 19.4 Å². The molecule has 5 nitrogen and oxygen atoms in total. The Hall–Kier alpha value is -1.54. The summed E-state index contributed by atoms with van der Waals surface area (Å²) in [6.45, 7) is 7.04. The van der Waals surface area contributed by atoms with E-state index >= 15 is 0 Å². The zero-order valence-electron chi connectivity index (χ0n) is 14.9. The van der Waals surface area contributed by atoms with E-state index in [1.165, 1.54) is 4.21 Å². The zero-order valence-corrected chi connectivity index (χ0v) is 16.6. The first kappa shape index (κ1) is 17.9. The molecule has 1 aromatic heterocycles. The van der Waals surface area contributed by atoms with Crippen molar-refractivity contribution in [2.75, 3.05) is 13.2 Å². The van der Waals surface area contributed by atoms with Crippen molar-refractivity contribution < 1.29 is 19.4 Å². The number of nitrogens with zero attached hydrogens (tertiary/aromatic N) is 1. The molecule has 0 bridgehead atoms. The molecule has 0 radical (unpaired) electrons. The number of thiophene rings is 1. The Morgan fingerprint density at radius 3 is 2.81 bits per heavy atom. The Kier molecular flexibility index (Phi) is 4.51. The van der Waals surface area contributed by atoms with E-state index in [1.807, 2.05) is 32.0 Å². The number of benzene rings is 1. The Labute approximate surface area is 161 Å². The first-order valence-corrected chi connectivity index (χ1v) is 10.2. The molecular weight excluding hydrogens is 370 g/mol. The van der Waals surface area contributed by atoms with Crippen LogP contribution in [0.3, 0.4) is 0 Å². The maximum absolute atomic E-state index is 9.12. The summed E-state index contributed by atoms with van der Waals surface area (Å²) >= 11 is 3.38. The molecule has 3 heterocycles. The Balaban J connectivity index is 1.53. The minimum absolute atomic E-state index is 0.412. The molecule has 138 valence electrons. The second-order valence-electron chi connectivity index (χ2n) is 7.08. The fraction of sp³-hybridized carbons (Fsp3) is 0.421. The summed E-state index contributed by atoms with van der Waals surface area (Å²) in [5.41, 5.74) is 2.26. The van der Waals surface area contributed by atoms with Crippen molar-refractivity contribution in [1.82, 2.24) is 0 Å². The second-order valence-corrected chi connectivity index (χ2v) is 9.37. The Morgan fingerprint density at radius 2 is 2.08 bits per heavy atom. The smallest absolute Gasteiger partial charge is 0.164 e. The lowest BCUT2D eigenvalue weighted by molar-refractivity contribution is -0.159. The van der Waals surface area contributed by atoms with Gasteiger partial charge in [-0.3, -0.25) is 0 Å². The van der Waals surface area contributed by atoms with E-state index in [1.54, 1.807) is 23.1 Å². The van der Waals surface area contributed by atoms with Crippen LogP contribution in [-0.4, -0.2) is 29.9 Å². The van der Waals surface area contributed by atoms with Crippen molar-refractivity contribution in [2.24, 2.45) is 5.16 Å². The fourth-order valence-electron chi connectivity index (χ4n) is 3.24. The number of ether oxygens (including phenoxy) is 3. The first-order valence-electron chi connectivity index (χ1n) is 8.48. The zero-order chi connectivity index (χ0) is 18.4. The maximum Gasteiger partial charge on any atom is 0.164 e. The Bertz CT molecular complexity index is 861. The van der Waals surface area contributed by atoms with Gasteiger partial charge in [-0.25, -0.2) is 0 Å². The Morgan fingerprint density at radius 1 is 1.23 bits per heavy atom. The largest absolute Gasteiger partial charge is 0.492 e. The van der Waals surface area contributed by atoms with Crippen LogP contribution in [0.1, 0.15) is 38.3 Å².